The van der Waals surface area contributed by atoms with Crippen LogP contribution in [0, 0.1) is 0 Å². The number of carbonyl (C=O) groups is 2. The summed E-state index contributed by atoms with van der Waals surface area (Å²) in [7, 11) is 0. The van der Waals surface area contributed by atoms with Crippen LogP contribution >= 0.6 is 23.5 Å². The van der Waals surface area contributed by atoms with Crippen LogP contribution in [0.1, 0.15) is 33.1 Å². The molecular formula is C15H26N6O2S2. The molecule has 0 spiro atoms. The van der Waals surface area contributed by atoms with Crippen LogP contribution in [0.2, 0.25) is 0 Å². The molecule has 1 saturated heterocycles. The van der Waals surface area contributed by atoms with E-state index in [1.807, 2.05) is 18.7 Å². The molecule has 0 aromatic carbocycles. The molecule has 0 aliphatic carbocycles. The third kappa shape index (κ3) is 5.53. The smallest absolute Gasteiger partial charge is 0.233 e. The summed E-state index contributed by atoms with van der Waals surface area (Å²) in [5.74, 6) is 7.47. The van der Waals surface area contributed by atoms with Crippen LogP contribution in [0.3, 0.4) is 0 Å². The number of nitrogens with zero attached hydrogens (tertiary/aromatic N) is 5. The second-order valence-electron chi connectivity index (χ2n) is 5.68. The standard InChI is InChI=1S/C15H26N6O2S2/c1-3-19(4-2)13(23)11-25-15-18-17-14(21(15)16)24-10-6-9-20-8-5-7-12(20)22/h3-11,16H2,1-2H3. The predicted octanol–water partition coefficient (Wildman–Crippen LogP) is 1.06. The lowest BCUT2D eigenvalue weighted by Gasteiger charge is -2.17. The Bertz CT molecular complexity index is 591. The number of rotatable bonds is 10. The number of nitrogens with two attached hydrogens (primary N) is 1. The normalized spacial score (nSPS) is 14.3. The van der Waals surface area contributed by atoms with Crippen molar-refractivity contribution < 1.29 is 9.59 Å². The zero-order valence-corrected chi connectivity index (χ0v) is 16.4. The second kappa shape index (κ2) is 9.91. The second-order valence-corrected chi connectivity index (χ2v) is 7.68. The Morgan fingerprint density at radius 1 is 1.24 bits per heavy atom. The maximum Gasteiger partial charge on any atom is 0.233 e. The summed E-state index contributed by atoms with van der Waals surface area (Å²) in [6, 6.07) is 0. The maximum absolute atomic E-state index is 12.0. The van der Waals surface area contributed by atoms with E-state index in [9.17, 15) is 9.59 Å². The molecular weight excluding hydrogens is 360 g/mol. The van der Waals surface area contributed by atoms with Gasteiger partial charge in [0, 0.05) is 38.4 Å². The van der Waals surface area contributed by atoms with Crippen LogP contribution < -0.4 is 5.84 Å². The van der Waals surface area contributed by atoms with Gasteiger partial charge in [-0.3, -0.25) is 9.59 Å². The summed E-state index contributed by atoms with van der Waals surface area (Å²) in [5, 5.41) is 9.32. The van der Waals surface area contributed by atoms with Crippen LogP contribution in [0.15, 0.2) is 10.3 Å². The van der Waals surface area contributed by atoms with Crippen LogP contribution in [-0.2, 0) is 9.59 Å². The van der Waals surface area contributed by atoms with Gasteiger partial charge < -0.3 is 15.6 Å². The lowest BCUT2D eigenvalue weighted by atomic mass is 10.4. The third-order valence-corrected chi connectivity index (χ3v) is 6.01. The number of hydrogen-bond acceptors (Lipinski definition) is 7. The Kier molecular flexibility index (Phi) is 7.89. The van der Waals surface area contributed by atoms with Crippen molar-refractivity contribution in [1.29, 1.82) is 0 Å². The van der Waals surface area contributed by atoms with Gasteiger partial charge in [0.05, 0.1) is 5.75 Å². The molecule has 2 rings (SSSR count). The molecule has 140 valence electrons. The van der Waals surface area contributed by atoms with Gasteiger partial charge in [0.2, 0.25) is 22.1 Å². The Morgan fingerprint density at radius 3 is 2.52 bits per heavy atom. The highest BCUT2D eigenvalue weighted by atomic mass is 32.2. The Morgan fingerprint density at radius 2 is 1.92 bits per heavy atom. The van der Waals surface area contributed by atoms with E-state index >= 15 is 0 Å². The number of hydrogen-bond donors (Lipinski definition) is 1. The summed E-state index contributed by atoms with van der Waals surface area (Å²) < 4.78 is 1.44. The first-order valence-corrected chi connectivity index (χ1v) is 10.6. The molecule has 0 saturated carbocycles. The highest BCUT2D eigenvalue weighted by molar-refractivity contribution is 8.00. The van der Waals surface area contributed by atoms with Gasteiger partial charge in [-0.1, -0.05) is 23.5 Å². The summed E-state index contributed by atoms with van der Waals surface area (Å²) in [4.78, 5) is 27.3. The van der Waals surface area contributed by atoms with Gasteiger partial charge in [0.1, 0.15) is 0 Å². The first-order valence-electron chi connectivity index (χ1n) is 8.58. The van der Waals surface area contributed by atoms with Crippen molar-refractivity contribution in [2.24, 2.45) is 0 Å². The summed E-state index contributed by atoms with van der Waals surface area (Å²) in [6.07, 6.45) is 2.54. The van der Waals surface area contributed by atoms with Crippen molar-refractivity contribution in [3.63, 3.8) is 0 Å². The molecule has 2 amide bonds. The van der Waals surface area contributed by atoms with Crippen LogP contribution in [0.4, 0.5) is 0 Å². The molecule has 1 aliphatic rings. The Hall–Kier alpha value is -1.42. The van der Waals surface area contributed by atoms with E-state index in [4.69, 9.17) is 5.84 Å². The van der Waals surface area contributed by atoms with E-state index in [1.165, 1.54) is 28.2 Å². The Labute approximate surface area is 156 Å². The minimum atomic E-state index is 0.0717. The first kappa shape index (κ1) is 19.9. The molecule has 0 bridgehead atoms. The molecule has 25 heavy (non-hydrogen) atoms. The van der Waals surface area contributed by atoms with Crippen LogP contribution in [-0.4, -0.2) is 74.2 Å². The molecule has 0 unspecified atom stereocenters. The average Bonchev–Trinajstić information content (AvgIpc) is 3.17. The molecule has 2 heterocycles. The average molecular weight is 387 g/mol. The molecule has 1 aliphatic heterocycles. The van der Waals surface area contributed by atoms with E-state index in [-0.39, 0.29) is 11.8 Å². The number of carbonyl (C=O) groups excluding carboxylic acids is 2. The van der Waals surface area contributed by atoms with Gasteiger partial charge >= 0.3 is 0 Å². The lowest BCUT2D eigenvalue weighted by molar-refractivity contribution is -0.128. The predicted molar refractivity (Wildman–Crippen MR) is 100.0 cm³/mol. The molecule has 0 radical (unpaired) electrons. The van der Waals surface area contributed by atoms with E-state index in [0.717, 1.165) is 31.7 Å². The van der Waals surface area contributed by atoms with Gasteiger partial charge in [-0.2, -0.15) is 0 Å². The van der Waals surface area contributed by atoms with Gasteiger partial charge in [-0.15, -0.1) is 10.2 Å². The molecule has 2 N–H and O–H groups in total. The lowest BCUT2D eigenvalue weighted by Crippen LogP contribution is -2.32. The van der Waals surface area contributed by atoms with Crippen molar-refractivity contribution in [2.45, 2.75) is 43.4 Å². The van der Waals surface area contributed by atoms with Crippen molar-refractivity contribution in [3.8, 4) is 0 Å². The van der Waals surface area contributed by atoms with E-state index in [2.05, 4.69) is 10.2 Å². The van der Waals surface area contributed by atoms with Crippen molar-refractivity contribution in [3.05, 3.63) is 0 Å². The quantitative estimate of drug-likeness (QED) is 0.365. The molecule has 0 atom stereocenters. The van der Waals surface area contributed by atoms with Gasteiger partial charge in [-0.05, 0) is 26.7 Å². The third-order valence-electron chi connectivity index (χ3n) is 4.05. The summed E-state index contributed by atoms with van der Waals surface area (Å²) in [5.41, 5.74) is 0. The minimum Gasteiger partial charge on any atom is -0.343 e. The number of thioether (sulfide) groups is 2. The number of likely N-dealkylation sites (tertiary alicyclic amines) is 1. The summed E-state index contributed by atoms with van der Waals surface area (Å²) >= 11 is 2.82. The fraction of sp³-hybridized carbons (Fsp3) is 0.733. The van der Waals surface area contributed by atoms with E-state index in [0.29, 0.717) is 35.6 Å². The molecule has 10 heteroatoms. The molecule has 1 aromatic heterocycles. The van der Waals surface area contributed by atoms with Gasteiger partial charge in [0.15, 0.2) is 0 Å². The van der Waals surface area contributed by atoms with Gasteiger partial charge in [0.25, 0.3) is 0 Å². The van der Waals surface area contributed by atoms with Crippen LogP contribution in [0.25, 0.3) is 0 Å². The highest BCUT2D eigenvalue weighted by Gasteiger charge is 2.19. The highest BCUT2D eigenvalue weighted by Crippen LogP contribution is 2.22. The van der Waals surface area contributed by atoms with Crippen LogP contribution in [0.5, 0.6) is 0 Å². The largest absolute Gasteiger partial charge is 0.343 e. The van der Waals surface area contributed by atoms with E-state index in [1.54, 1.807) is 4.90 Å². The summed E-state index contributed by atoms with van der Waals surface area (Å²) in [6.45, 7) is 6.98. The zero-order valence-electron chi connectivity index (χ0n) is 14.8. The fourth-order valence-corrected chi connectivity index (χ4v) is 4.21. The number of nitrogen functional groups attached to an aromatic ring is 1. The van der Waals surface area contributed by atoms with E-state index < -0.39 is 0 Å². The monoisotopic (exact) mass is 386 g/mol. The topological polar surface area (TPSA) is 97.4 Å². The zero-order chi connectivity index (χ0) is 18.2. The Balaban J connectivity index is 1.74. The first-order chi connectivity index (χ1) is 12.1. The molecule has 8 nitrogen and oxygen atoms in total. The minimum absolute atomic E-state index is 0.0717. The number of aromatic nitrogens is 3. The molecule has 1 fully saturated rings. The maximum atomic E-state index is 12.0. The van der Waals surface area contributed by atoms with Crippen molar-refractivity contribution in [2.75, 3.05) is 43.5 Å². The van der Waals surface area contributed by atoms with Gasteiger partial charge in [-0.25, -0.2) is 4.68 Å². The fourth-order valence-electron chi connectivity index (χ4n) is 2.61. The SMILES string of the molecule is CCN(CC)C(=O)CSc1nnc(SCCCN2CCCC2=O)n1N. The van der Waals surface area contributed by atoms with Crippen molar-refractivity contribution in [1.82, 2.24) is 24.7 Å². The van der Waals surface area contributed by atoms with Crippen molar-refractivity contribution >= 4 is 35.3 Å². The molecule has 1 aromatic rings. The number of amides is 2.